The lowest BCUT2D eigenvalue weighted by Gasteiger charge is -2.18. The van der Waals surface area contributed by atoms with E-state index < -0.39 is 0 Å². The highest BCUT2D eigenvalue weighted by Gasteiger charge is 2.26. The molecule has 0 spiro atoms. The molecule has 0 fully saturated rings. The quantitative estimate of drug-likeness (QED) is 0.669. The van der Waals surface area contributed by atoms with Gasteiger partial charge < -0.3 is 4.42 Å². The normalized spacial score (nSPS) is 12.9. The molecular weight excluding hydrogens is 308 g/mol. The summed E-state index contributed by atoms with van der Waals surface area (Å²) in [7, 11) is 0. The number of rotatable bonds is 4. The van der Waals surface area contributed by atoms with Crippen LogP contribution in [0.5, 0.6) is 0 Å². The molecule has 2 rings (SSSR count). The average molecular weight is 327 g/mol. The van der Waals surface area contributed by atoms with Gasteiger partial charge in [0.1, 0.15) is 11.5 Å². The van der Waals surface area contributed by atoms with Crippen LogP contribution in [0, 0.1) is 20.8 Å². The van der Waals surface area contributed by atoms with Crippen molar-refractivity contribution < 1.29 is 4.42 Å². The fourth-order valence-corrected chi connectivity index (χ4v) is 2.97. The number of nitrogens with one attached hydrogen (secondary N) is 1. The van der Waals surface area contributed by atoms with Crippen molar-refractivity contribution in [3.8, 4) is 0 Å². The van der Waals surface area contributed by atoms with Gasteiger partial charge in [-0.2, -0.15) is 5.10 Å². The summed E-state index contributed by atoms with van der Waals surface area (Å²) >= 11 is 3.54. The van der Waals surface area contributed by atoms with Crippen LogP contribution in [-0.2, 0) is 6.54 Å². The summed E-state index contributed by atoms with van der Waals surface area (Å²) in [5, 5.41) is 4.34. The summed E-state index contributed by atoms with van der Waals surface area (Å²) in [6.07, 6.45) is 1.79. The Morgan fingerprint density at radius 1 is 1.42 bits per heavy atom. The maximum absolute atomic E-state index is 5.78. The predicted molar refractivity (Wildman–Crippen MR) is 77.7 cm³/mol. The van der Waals surface area contributed by atoms with Crippen LogP contribution in [-0.4, -0.2) is 9.78 Å². The standard InChI is InChI=1S/C13H19BrN4O/c1-5-18-13(10(14)6-16-18)12(17-15)11-7(2)8(3)19-9(11)4/h6,12,17H,5,15H2,1-4H3. The summed E-state index contributed by atoms with van der Waals surface area (Å²) in [5.41, 5.74) is 6.09. The second-order valence-electron chi connectivity index (χ2n) is 4.55. The van der Waals surface area contributed by atoms with E-state index in [0.717, 1.165) is 39.4 Å². The first-order valence-electron chi connectivity index (χ1n) is 6.25. The number of hydrogen-bond acceptors (Lipinski definition) is 4. The van der Waals surface area contributed by atoms with Gasteiger partial charge >= 0.3 is 0 Å². The smallest absolute Gasteiger partial charge is 0.106 e. The van der Waals surface area contributed by atoms with Gasteiger partial charge in [-0.25, -0.2) is 5.43 Å². The molecule has 2 heterocycles. The Labute approximate surface area is 121 Å². The Morgan fingerprint density at radius 3 is 2.58 bits per heavy atom. The third kappa shape index (κ3) is 2.35. The van der Waals surface area contributed by atoms with Gasteiger partial charge in [0.05, 0.1) is 22.4 Å². The van der Waals surface area contributed by atoms with E-state index in [4.69, 9.17) is 10.3 Å². The molecule has 1 unspecified atom stereocenters. The molecule has 2 aromatic heterocycles. The minimum Gasteiger partial charge on any atom is -0.466 e. The molecule has 5 nitrogen and oxygen atoms in total. The van der Waals surface area contributed by atoms with Crippen molar-refractivity contribution in [1.29, 1.82) is 0 Å². The topological polar surface area (TPSA) is 69.0 Å². The van der Waals surface area contributed by atoms with Crippen molar-refractivity contribution in [2.24, 2.45) is 5.84 Å². The second-order valence-corrected chi connectivity index (χ2v) is 5.40. The van der Waals surface area contributed by atoms with E-state index in [9.17, 15) is 0 Å². The molecule has 0 aliphatic rings. The molecule has 0 aliphatic carbocycles. The lowest BCUT2D eigenvalue weighted by Crippen LogP contribution is -2.31. The van der Waals surface area contributed by atoms with Crippen molar-refractivity contribution in [3.63, 3.8) is 0 Å². The van der Waals surface area contributed by atoms with Gasteiger partial charge in [0.2, 0.25) is 0 Å². The molecule has 1 atom stereocenters. The molecule has 6 heteroatoms. The van der Waals surface area contributed by atoms with Gasteiger partial charge in [-0.3, -0.25) is 10.5 Å². The Kier molecular flexibility index (Phi) is 4.13. The summed E-state index contributed by atoms with van der Waals surface area (Å²) in [6.45, 7) is 8.81. The van der Waals surface area contributed by atoms with Crippen molar-refractivity contribution in [2.75, 3.05) is 0 Å². The van der Waals surface area contributed by atoms with E-state index in [1.165, 1.54) is 0 Å². The fraction of sp³-hybridized carbons (Fsp3) is 0.462. The molecule has 0 aromatic carbocycles. The van der Waals surface area contributed by atoms with Crippen molar-refractivity contribution >= 4 is 15.9 Å². The molecule has 104 valence electrons. The maximum Gasteiger partial charge on any atom is 0.106 e. The van der Waals surface area contributed by atoms with E-state index in [2.05, 4.69) is 33.4 Å². The highest BCUT2D eigenvalue weighted by atomic mass is 79.9. The van der Waals surface area contributed by atoms with Gasteiger partial charge in [-0.15, -0.1) is 0 Å². The number of halogens is 1. The highest BCUT2D eigenvalue weighted by molar-refractivity contribution is 9.10. The third-order valence-corrected chi connectivity index (χ3v) is 4.09. The second kappa shape index (κ2) is 5.48. The summed E-state index contributed by atoms with van der Waals surface area (Å²) in [6, 6.07) is -0.144. The van der Waals surface area contributed by atoms with Crippen LogP contribution in [0.15, 0.2) is 15.1 Å². The number of nitrogens with two attached hydrogens (primary N) is 1. The number of aromatic nitrogens is 2. The molecule has 19 heavy (non-hydrogen) atoms. The highest BCUT2D eigenvalue weighted by Crippen LogP contribution is 2.34. The van der Waals surface area contributed by atoms with Crippen LogP contribution in [0.4, 0.5) is 0 Å². The minimum atomic E-state index is -0.144. The van der Waals surface area contributed by atoms with Crippen LogP contribution in [0.2, 0.25) is 0 Å². The average Bonchev–Trinajstić information content (AvgIpc) is 2.86. The largest absolute Gasteiger partial charge is 0.466 e. The molecule has 2 aromatic rings. The molecule has 0 amide bonds. The van der Waals surface area contributed by atoms with Gasteiger partial charge in [0.15, 0.2) is 0 Å². The Hall–Kier alpha value is -1.11. The number of nitrogens with zero attached hydrogens (tertiary/aromatic N) is 2. The van der Waals surface area contributed by atoms with Crippen molar-refractivity contribution in [2.45, 2.75) is 40.3 Å². The zero-order valence-corrected chi connectivity index (χ0v) is 13.2. The van der Waals surface area contributed by atoms with Crippen LogP contribution < -0.4 is 11.3 Å². The van der Waals surface area contributed by atoms with Crippen molar-refractivity contribution in [1.82, 2.24) is 15.2 Å². The molecule has 0 saturated heterocycles. The molecule has 3 N–H and O–H groups in total. The Bertz CT molecular complexity index is 588. The van der Waals surface area contributed by atoms with E-state index in [0.29, 0.717) is 0 Å². The fourth-order valence-electron chi connectivity index (χ4n) is 2.44. The predicted octanol–water partition coefficient (Wildman–Crippen LogP) is 2.74. The van der Waals surface area contributed by atoms with Crippen LogP contribution in [0.1, 0.15) is 41.3 Å². The molecular formula is C13H19BrN4O. The van der Waals surface area contributed by atoms with Gasteiger partial charge in [-0.05, 0) is 49.2 Å². The number of hydrazine groups is 1. The zero-order valence-electron chi connectivity index (χ0n) is 11.6. The summed E-state index contributed by atoms with van der Waals surface area (Å²) < 4.78 is 8.57. The van der Waals surface area contributed by atoms with Crippen LogP contribution in [0.3, 0.4) is 0 Å². The summed E-state index contributed by atoms with van der Waals surface area (Å²) in [5.74, 6) is 7.59. The zero-order chi connectivity index (χ0) is 14.2. The first-order chi connectivity index (χ1) is 9.01. The summed E-state index contributed by atoms with van der Waals surface area (Å²) in [4.78, 5) is 0. The molecule has 0 bridgehead atoms. The molecule has 0 saturated carbocycles. The van der Waals surface area contributed by atoms with E-state index in [1.807, 2.05) is 25.5 Å². The van der Waals surface area contributed by atoms with Gasteiger partial charge in [0.25, 0.3) is 0 Å². The maximum atomic E-state index is 5.78. The number of hydrogen-bond donors (Lipinski definition) is 2. The number of aryl methyl sites for hydroxylation is 3. The van der Waals surface area contributed by atoms with E-state index in [1.54, 1.807) is 6.20 Å². The van der Waals surface area contributed by atoms with Gasteiger partial charge in [-0.1, -0.05) is 0 Å². The van der Waals surface area contributed by atoms with Gasteiger partial charge in [0, 0.05) is 12.1 Å². The lowest BCUT2D eigenvalue weighted by atomic mass is 10.00. The molecule has 0 aliphatic heterocycles. The van der Waals surface area contributed by atoms with E-state index in [-0.39, 0.29) is 6.04 Å². The monoisotopic (exact) mass is 326 g/mol. The van der Waals surface area contributed by atoms with Crippen LogP contribution in [0.25, 0.3) is 0 Å². The SMILES string of the molecule is CCn1ncc(Br)c1C(NN)c1c(C)oc(C)c1C. The Morgan fingerprint density at radius 2 is 2.11 bits per heavy atom. The van der Waals surface area contributed by atoms with Crippen LogP contribution >= 0.6 is 15.9 Å². The minimum absolute atomic E-state index is 0.144. The first-order valence-corrected chi connectivity index (χ1v) is 7.04. The first kappa shape index (κ1) is 14.3. The number of furan rings is 1. The van der Waals surface area contributed by atoms with E-state index >= 15 is 0 Å². The molecule has 0 radical (unpaired) electrons. The van der Waals surface area contributed by atoms with Crippen molar-refractivity contribution in [3.05, 3.63) is 39.0 Å². The third-order valence-electron chi connectivity index (χ3n) is 3.48. The lowest BCUT2D eigenvalue weighted by molar-refractivity contribution is 0.487. The Balaban J connectivity index is 2.59.